The molecule has 0 bridgehead atoms. The van der Waals surface area contributed by atoms with Crippen molar-refractivity contribution in [1.29, 1.82) is 0 Å². The van der Waals surface area contributed by atoms with Crippen LogP contribution in [0, 0.1) is 0 Å². The van der Waals surface area contributed by atoms with Gasteiger partial charge in [-0.15, -0.1) is 0 Å². The summed E-state index contributed by atoms with van der Waals surface area (Å²) >= 11 is 0. The van der Waals surface area contributed by atoms with E-state index in [2.05, 4.69) is 0 Å². The number of hydrogen-bond donors (Lipinski definition) is 7. The van der Waals surface area contributed by atoms with Crippen LogP contribution in [0.1, 0.15) is 0 Å². The van der Waals surface area contributed by atoms with Gasteiger partial charge in [-0.1, -0.05) is 0 Å². The van der Waals surface area contributed by atoms with Gasteiger partial charge in [0.1, 0.15) is 36.6 Å². The van der Waals surface area contributed by atoms with Gasteiger partial charge >= 0.3 is 0 Å². The number of rotatable bonds is 6. The van der Waals surface area contributed by atoms with E-state index in [1.807, 2.05) is 0 Å². The van der Waals surface area contributed by atoms with Gasteiger partial charge in [-0.25, -0.2) is 0 Å². The van der Waals surface area contributed by atoms with E-state index in [0.717, 1.165) is 0 Å². The highest BCUT2D eigenvalue weighted by Gasteiger charge is 2.44. The molecule has 7 atom stereocenters. The molecule has 0 aliphatic carbocycles. The molecular formula is C10H20O9. The van der Waals surface area contributed by atoms with Gasteiger partial charge in [0.25, 0.3) is 0 Å². The van der Waals surface area contributed by atoms with Crippen LogP contribution in [0.3, 0.4) is 0 Å². The van der Waals surface area contributed by atoms with Crippen LogP contribution in [0.25, 0.3) is 0 Å². The SMILES string of the molecule is OC[C@@H](O)[C@@H](O)COC1O[C@H](CO)[C@@H](O)[C@H](O)[C@@H]1O. The summed E-state index contributed by atoms with van der Waals surface area (Å²) < 4.78 is 9.96. The van der Waals surface area contributed by atoms with E-state index in [0.29, 0.717) is 0 Å². The predicted molar refractivity (Wildman–Crippen MR) is 58.8 cm³/mol. The lowest BCUT2D eigenvalue weighted by molar-refractivity contribution is -0.306. The van der Waals surface area contributed by atoms with Gasteiger partial charge in [0.2, 0.25) is 0 Å². The van der Waals surface area contributed by atoms with Crippen molar-refractivity contribution in [2.24, 2.45) is 0 Å². The van der Waals surface area contributed by atoms with Crippen LogP contribution in [-0.4, -0.2) is 98.5 Å². The fraction of sp³-hybridized carbons (Fsp3) is 1.00. The first-order valence-electron chi connectivity index (χ1n) is 5.81. The average Bonchev–Trinajstić information content (AvgIpc) is 2.42. The topological polar surface area (TPSA) is 160 Å². The lowest BCUT2D eigenvalue weighted by atomic mass is 9.99. The molecule has 1 fully saturated rings. The van der Waals surface area contributed by atoms with E-state index in [-0.39, 0.29) is 0 Å². The Hall–Kier alpha value is -0.360. The van der Waals surface area contributed by atoms with Crippen molar-refractivity contribution in [3.05, 3.63) is 0 Å². The van der Waals surface area contributed by atoms with Crippen LogP contribution < -0.4 is 0 Å². The van der Waals surface area contributed by atoms with Gasteiger partial charge in [-0.3, -0.25) is 0 Å². The summed E-state index contributed by atoms with van der Waals surface area (Å²) in [5.41, 5.74) is 0. The quantitative estimate of drug-likeness (QED) is 0.255. The predicted octanol–water partition coefficient (Wildman–Crippen LogP) is -4.48. The van der Waals surface area contributed by atoms with Crippen LogP contribution >= 0.6 is 0 Å². The Balaban J connectivity index is 2.52. The molecular weight excluding hydrogens is 264 g/mol. The Labute approximate surface area is 109 Å². The molecule has 1 unspecified atom stereocenters. The third-order valence-corrected chi connectivity index (χ3v) is 2.91. The van der Waals surface area contributed by atoms with Gasteiger partial charge in [-0.05, 0) is 0 Å². The van der Waals surface area contributed by atoms with Crippen LogP contribution in [0.5, 0.6) is 0 Å². The maximum atomic E-state index is 9.59. The smallest absolute Gasteiger partial charge is 0.186 e. The molecule has 1 rings (SSSR count). The molecule has 7 N–H and O–H groups in total. The maximum absolute atomic E-state index is 9.59. The van der Waals surface area contributed by atoms with Crippen molar-refractivity contribution in [2.45, 2.75) is 42.9 Å². The standard InChI is InChI=1S/C10H20O9/c11-1-4(13)5(14)3-18-10-9(17)8(16)7(15)6(2-12)19-10/h4-17H,1-3H2/t4-,5+,6-,7-,8+,9+,10?/m1/s1. The van der Waals surface area contributed by atoms with Crippen molar-refractivity contribution in [2.75, 3.05) is 19.8 Å². The Morgan fingerprint density at radius 2 is 1.58 bits per heavy atom. The van der Waals surface area contributed by atoms with E-state index < -0.39 is 62.7 Å². The zero-order valence-corrected chi connectivity index (χ0v) is 10.1. The summed E-state index contributed by atoms with van der Waals surface area (Å²) in [7, 11) is 0. The van der Waals surface area contributed by atoms with Crippen LogP contribution in [0.4, 0.5) is 0 Å². The molecule has 19 heavy (non-hydrogen) atoms. The van der Waals surface area contributed by atoms with Crippen LogP contribution in [0.2, 0.25) is 0 Å². The maximum Gasteiger partial charge on any atom is 0.186 e. The highest BCUT2D eigenvalue weighted by molar-refractivity contribution is 4.89. The molecule has 0 aromatic heterocycles. The van der Waals surface area contributed by atoms with Gasteiger partial charge in [0.05, 0.1) is 19.8 Å². The second-order valence-electron chi connectivity index (χ2n) is 4.35. The van der Waals surface area contributed by atoms with Gasteiger partial charge in [0.15, 0.2) is 6.29 Å². The number of aliphatic hydroxyl groups is 7. The summed E-state index contributed by atoms with van der Waals surface area (Å²) in [6, 6.07) is 0. The summed E-state index contributed by atoms with van der Waals surface area (Å²) in [6.45, 7) is -1.73. The van der Waals surface area contributed by atoms with E-state index in [1.54, 1.807) is 0 Å². The van der Waals surface area contributed by atoms with Crippen molar-refractivity contribution in [1.82, 2.24) is 0 Å². The summed E-state index contributed by atoms with van der Waals surface area (Å²) in [6.07, 6.45) is -9.94. The Morgan fingerprint density at radius 3 is 2.11 bits per heavy atom. The second kappa shape index (κ2) is 7.43. The van der Waals surface area contributed by atoms with Crippen molar-refractivity contribution in [3.8, 4) is 0 Å². The molecule has 0 spiro atoms. The number of aliphatic hydroxyl groups excluding tert-OH is 7. The first kappa shape index (κ1) is 16.7. The van der Waals surface area contributed by atoms with Gasteiger partial charge in [-0.2, -0.15) is 0 Å². The molecule has 0 amide bonds. The second-order valence-corrected chi connectivity index (χ2v) is 4.35. The molecule has 0 radical (unpaired) electrons. The first-order chi connectivity index (χ1) is 8.92. The summed E-state index contributed by atoms with van der Waals surface area (Å²) in [5, 5.41) is 64.5. The fourth-order valence-electron chi connectivity index (χ4n) is 1.63. The summed E-state index contributed by atoms with van der Waals surface area (Å²) in [5.74, 6) is 0. The minimum atomic E-state index is -1.57. The minimum absolute atomic E-state index is 0.468. The Morgan fingerprint density at radius 1 is 0.947 bits per heavy atom. The molecule has 114 valence electrons. The van der Waals surface area contributed by atoms with E-state index >= 15 is 0 Å². The third kappa shape index (κ3) is 4.05. The van der Waals surface area contributed by atoms with Crippen molar-refractivity contribution in [3.63, 3.8) is 0 Å². The highest BCUT2D eigenvalue weighted by atomic mass is 16.7. The van der Waals surface area contributed by atoms with Crippen LogP contribution in [0.15, 0.2) is 0 Å². The largest absolute Gasteiger partial charge is 0.394 e. The molecule has 1 heterocycles. The van der Waals surface area contributed by atoms with E-state index in [9.17, 15) is 20.4 Å². The highest BCUT2D eigenvalue weighted by Crippen LogP contribution is 2.22. The lowest BCUT2D eigenvalue weighted by Gasteiger charge is -2.39. The summed E-state index contributed by atoms with van der Waals surface area (Å²) in [4.78, 5) is 0. The Kier molecular flexibility index (Phi) is 6.53. The fourth-order valence-corrected chi connectivity index (χ4v) is 1.63. The molecule has 1 saturated heterocycles. The number of ether oxygens (including phenoxy) is 2. The van der Waals surface area contributed by atoms with Crippen LogP contribution in [-0.2, 0) is 9.47 Å². The molecule has 0 saturated carbocycles. The molecule has 9 nitrogen and oxygen atoms in total. The number of hydrogen-bond acceptors (Lipinski definition) is 9. The van der Waals surface area contributed by atoms with Crippen molar-refractivity contribution >= 4 is 0 Å². The molecule has 9 heteroatoms. The first-order valence-corrected chi connectivity index (χ1v) is 5.81. The zero-order chi connectivity index (χ0) is 14.6. The van der Waals surface area contributed by atoms with Crippen molar-refractivity contribution < 1.29 is 45.2 Å². The molecule has 0 aromatic rings. The molecule has 1 aliphatic rings. The molecule has 1 aliphatic heterocycles. The van der Waals surface area contributed by atoms with E-state index in [4.69, 9.17) is 24.8 Å². The third-order valence-electron chi connectivity index (χ3n) is 2.91. The molecule has 0 aromatic carbocycles. The Bertz CT molecular complexity index is 261. The van der Waals surface area contributed by atoms with Gasteiger partial charge in [0, 0.05) is 0 Å². The van der Waals surface area contributed by atoms with Gasteiger partial charge < -0.3 is 45.2 Å². The normalized spacial score (nSPS) is 39.0. The average molecular weight is 284 g/mol. The van der Waals surface area contributed by atoms with E-state index in [1.165, 1.54) is 0 Å². The zero-order valence-electron chi connectivity index (χ0n) is 10.1. The monoisotopic (exact) mass is 284 g/mol. The minimum Gasteiger partial charge on any atom is -0.394 e. The lowest BCUT2D eigenvalue weighted by Crippen LogP contribution is -2.59.